The van der Waals surface area contributed by atoms with Crippen LogP contribution < -0.4 is 9.62 Å². The quantitative estimate of drug-likeness (QED) is 0.378. The zero-order valence-corrected chi connectivity index (χ0v) is 22.8. The second-order valence-corrected chi connectivity index (χ2v) is 11.0. The molecule has 37 heavy (non-hydrogen) atoms. The standard InChI is InChI=1S/C28H32ClN3O4S/c1-4-18-30-28(34)22(3)31(19-23-10-8-9-13-26(23)29)27(33)20-32(24-16-14-21(2)15-17-24)37(35,36)25-11-6-5-7-12-25/h5-17,22H,4,18-20H2,1-3H3,(H,30,34)/t22-/m1/s1. The van der Waals surface area contributed by atoms with Crippen molar-refractivity contribution in [2.24, 2.45) is 0 Å². The van der Waals surface area contributed by atoms with Gasteiger partial charge in [0.15, 0.2) is 0 Å². The van der Waals surface area contributed by atoms with Crippen LogP contribution >= 0.6 is 11.6 Å². The Morgan fingerprint density at radius 3 is 2.19 bits per heavy atom. The summed E-state index contributed by atoms with van der Waals surface area (Å²) in [6, 6.07) is 21.1. The Hall–Kier alpha value is -3.36. The lowest BCUT2D eigenvalue weighted by Crippen LogP contribution is -2.51. The number of nitrogens with one attached hydrogen (secondary N) is 1. The van der Waals surface area contributed by atoms with Crippen molar-refractivity contribution in [1.82, 2.24) is 10.2 Å². The van der Waals surface area contributed by atoms with Gasteiger partial charge in [-0.1, -0.05) is 72.6 Å². The highest BCUT2D eigenvalue weighted by Gasteiger charge is 2.32. The van der Waals surface area contributed by atoms with E-state index in [2.05, 4.69) is 5.32 Å². The van der Waals surface area contributed by atoms with Crippen LogP contribution in [0, 0.1) is 6.92 Å². The highest BCUT2D eigenvalue weighted by atomic mass is 35.5. The van der Waals surface area contributed by atoms with Gasteiger partial charge in [-0.2, -0.15) is 0 Å². The maximum Gasteiger partial charge on any atom is 0.264 e. The average molecular weight is 542 g/mol. The number of carbonyl (C=O) groups is 2. The van der Waals surface area contributed by atoms with E-state index in [0.29, 0.717) is 22.8 Å². The highest BCUT2D eigenvalue weighted by Crippen LogP contribution is 2.25. The van der Waals surface area contributed by atoms with E-state index in [-0.39, 0.29) is 17.3 Å². The summed E-state index contributed by atoms with van der Waals surface area (Å²) in [7, 11) is -4.08. The number of carbonyl (C=O) groups excluding carboxylic acids is 2. The Labute approximate surface area is 224 Å². The summed E-state index contributed by atoms with van der Waals surface area (Å²) in [4.78, 5) is 28.1. The van der Waals surface area contributed by atoms with Gasteiger partial charge in [-0.05, 0) is 56.2 Å². The zero-order valence-electron chi connectivity index (χ0n) is 21.2. The molecule has 0 aliphatic rings. The summed E-state index contributed by atoms with van der Waals surface area (Å²) in [5, 5.41) is 3.27. The lowest BCUT2D eigenvalue weighted by molar-refractivity contribution is -0.139. The molecular formula is C28H32ClN3O4S. The molecule has 0 saturated carbocycles. The van der Waals surface area contributed by atoms with Crippen molar-refractivity contribution in [3.05, 3.63) is 95.0 Å². The minimum absolute atomic E-state index is 0.0480. The smallest absolute Gasteiger partial charge is 0.264 e. The number of hydrogen-bond donors (Lipinski definition) is 1. The first-order valence-electron chi connectivity index (χ1n) is 12.1. The van der Waals surface area contributed by atoms with E-state index in [9.17, 15) is 18.0 Å². The molecule has 2 amide bonds. The molecule has 9 heteroatoms. The first kappa shape index (κ1) is 28.2. The van der Waals surface area contributed by atoms with Gasteiger partial charge in [0.1, 0.15) is 12.6 Å². The first-order valence-corrected chi connectivity index (χ1v) is 13.9. The van der Waals surface area contributed by atoms with Gasteiger partial charge in [0.05, 0.1) is 10.6 Å². The molecule has 1 N–H and O–H groups in total. The number of amides is 2. The van der Waals surface area contributed by atoms with E-state index in [1.165, 1.54) is 17.0 Å². The Morgan fingerprint density at radius 2 is 1.57 bits per heavy atom. The molecule has 0 spiro atoms. The lowest BCUT2D eigenvalue weighted by Gasteiger charge is -2.32. The molecule has 3 aromatic rings. The Morgan fingerprint density at radius 1 is 0.946 bits per heavy atom. The molecule has 0 aliphatic heterocycles. The van der Waals surface area contributed by atoms with Crippen LogP contribution in [-0.2, 0) is 26.2 Å². The van der Waals surface area contributed by atoms with Crippen LogP contribution in [0.25, 0.3) is 0 Å². The first-order chi connectivity index (χ1) is 17.6. The molecule has 0 bridgehead atoms. The molecule has 0 aliphatic carbocycles. The van der Waals surface area contributed by atoms with Gasteiger partial charge in [0, 0.05) is 18.1 Å². The topological polar surface area (TPSA) is 86.8 Å². The summed E-state index contributed by atoms with van der Waals surface area (Å²) >= 11 is 6.37. The van der Waals surface area contributed by atoms with Crippen LogP contribution in [-0.4, -0.2) is 44.3 Å². The van der Waals surface area contributed by atoms with Crippen molar-refractivity contribution in [2.75, 3.05) is 17.4 Å². The second kappa shape index (κ2) is 12.7. The van der Waals surface area contributed by atoms with Crippen molar-refractivity contribution in [3.63, 3.8) is 0 Å². The summed E-state index contributed by atoms with van der Waals surface area (Å²) < 4.78 is 28.5. The fraction of sp³-hybridized carbons (Fsp3) is 0.286. The largest absolute Gasteiger partial charge is 0.354 e. The van der Waals surface area contributed by atoms with Crippen molar-refractivity contribution in [1.29, 1.82) is 0 Å². The molecular weight excluding hydrogens is 510 g/mol. The van der Waals surface area contributed by atoms with Gasteiger partial charge >= 0.3 is 0 Å². The SMILES string of the molecule is CCCNC(=O)[C@@H](C)N(Cc1ccccc1Cl)C(=O)CN(c1ccc(C)cc1)S(=O)(=O)c1ccccc1. The Kier molecular flexibility index (Phi) is 9.72. The van der Waals surface area contributed by atoms with Crippen LogP contribution in [0.15, 0.2) is 83.8 Å². The second-order valence-electron chi connectivity index (χ2n) is 8.74. The Balaban J connectivity index is 2.01. The third-order valence-corrected chi connectivity index (χ3v) is 8.10. The summed E-state index contributed by atoms with van der Waals surface area (Å²) in [5.41, 5.74) is 1.96. The number of aryl methyl sites for hydroxylation is 1. The molecule has 0 unspecified atom stereocenters. The molecule has 196 valence electrons. The summed E-state index contributed by atoms with van der Waals surface area (Å²) in [6.07, 6.45) is 0.743. The van der Waals surface area contributed by atoms with E-state index in [0.717, 1.165) is 16.3 Å². The molecule has 1 atom stereocenters. The van der Waals surface area contributed by atoms with E-state index in [1.54, 1.807) is 73.7 Å². The number of sulfonamides is 1. The monoisotopic (exact) mass is 541 g/mol. The minimum Gasteiger partial charge on any atom is -0.354 e. The normalized spacial score (nSPS) is 12.0. The van der Waals surface area contributed by atoms with Crippen molar-refractivity contribution >= 4 is 39.1 Å². The number of nitrogens with zero attached hydrogens (tertiary/aromatic N) is 2. The maximum absolute atomic E-state index is 13.8. The van der Waals surface area contributed by atoms with Gasteiger partial charge < -0.3 is 10.2 Å². The molecule has 3 aromatic carbocycles. The van der Waals surface area contributed by atoms with Crippen LogP contribution in [0.4, 0.5) is 5.69 Å². The number of halogens is 1. The fourth-order valence-corrected chi connectivity index (χ4v) is 5.38. The predicted molar refractivity (Wildman–Crippen MR) is 147 cm³/mol. The Bertz CT molecular complexity index is 1310. The highest BCUT2D eigenvalue weighted by molar-refractivity contribution is 7.92. The van der Waals surface area contributed by atoms with E-state index < -0.39 is 28.5 Å². The zero-order chi connectivity index (χ0) is 27.0. The predicted octanol–water partition coefficient (Wildman–Crippen LogP) is 4.79. The third kappa shape index (κ3) is 7.11. The minimum atomic E-state index is -4.08. The number of benzene rings is 3. The van der Waals surface area contributed by atoms with E-state index in [1.807, 2.05) is 13.8 Å². The molecule has 0 heterocycles. The average Bonchev–Trinajstić information content (AvgIpc) is 2.90. The van der Waals surface area contributed by atoms with Crippen LogP contribution in [0.5, 0.6) is 0 Å². The van der Waals surface area contributed by atoms with Crippen molar-refractivity contribution in [2.45, 2.75) is 44.7 Å². The number of hydrogen-bond acceptors (Lipinski definition) is 4. The van der Waals surface area contributed by atoms with Crippen LogP contribution in [0.2, 0.25) is 5.02 Å². The third-order valence-electron chi connectivity index (χ3n) is 5.95. The van der Waals surface area contributed by atoms with Crippen LogP contribution in [0.3, 0.4) is 0 Å². The molecule has 0 saturated heterocycles. The molecule has 0 fully saturated rings. The van der Waals surface area contributed by atoms with Gasteiger partial charge in [-0.15, -0.1) is 0 Å². The summed E-state index contributed by atoms with van der Waals surface area (Å²) in [6.45, 7) is 5.48. The van der Waals surface area contributed by atoms with E-state index >= 15 is 0 Å². The number of anilines is 1. The maximum atomic E-state index is 13.8. The molecule has 0 radical (unpaired) electrons. The summed E-state index contributed by atoms with van der Waals surface area (Å²) in [5.74, 6) is -0.853. The van der Waals surface area contributed by atoms with Crippen molar-refractivity contribution in [3.8, 4) is 0 Å². The molecule has 3 rings (SSSR count). The van der Waals surface area contributed by atoms with Crippen molar-refractivity contribution < 1.29 is 18.0 Å². The molecule has 0 aromatic heterocycles. The van der Waals surface area contributed by atoms with Crippen LogP contribution in [0.1, 0.15) is 31.4 Å². The van der Waals surface area contributed by atoms with Gasteiger partial charge in [-0.25, -0.2) is 8.42 Å². The lowest BCUT2D eigenvalue weighted by atomic mass is 10.1. The fourth-order valence-electron chi connectivity index (χ4n) is 3.75. The van der Waals surface area contributed by atoms with Gasteiger partial charge in [0.2, 0.25) is 11.8 Å². The van der Waals surface area contributed by atoms with Gasteiger partial charge in [-0.3, -0.25) is 13.9 Å². The van der Waals surface area contributed by atoms with E-state index in [4.69, 9.17) is 11.6 Å². The number of rotatable bonds is 11. The van der Waals surface area contributed by atoms with Gasteiger partial charge in [0.25, 0.3) is 10.0 Å². The molecule has 7 nitrogen and oxygen atoms in total.